The van der Waals surface area contributed by atoms with E-state index in [0.717, 1.165) is 6.07 Å². The lowest BCUT2D eigenvalue weighted by molar-refractivity contribution is 0.227. The maximum Gasteiger partial charge on any atom is 0.240 e. The van der Waals surface area contributed by atoms with Crippen LogP contribution in [0.4, 0.5) is 0 Å². The highest BCUT2D eigenvalue weighted by Gasteiger charge is 2.15. The van der Waals surface area contributed by atoms with Gasteiger partial charge >= 0.3 is 0 Å². The Morgan fingerprint density at radius 1 is 1.19 bits per heavy atom. The molecule has 0 aliphatic rings. The van der Waals surface area contributed by atoms with Crippen molar-refractivity contribution in [2.24, 2.45) is 0 Å². The van der Waals surface area contributed by atoms with Gasteiger partial charge in [-0.3, -0.25) is 4.79 Å². The molecule has 8 heteroatoms. The minimum absolute atomic E-state index is 0.0126. The zero-order chi connectivity index (χ0) is 15.5. The zero-order valence-corrected chi connectivity index (χ0v) is 11.6. The lowest BCUT2D eigenvalue weighted by atomic mass is 10.3. The van der Waals surface area contributed by atoms with Gasteiger partial charge in [-0.05, 0) is 12.1 Å². The molecule has 3 N–H and O–H groups in total. The number of hydrogen-bond donors (Lipinski definition) is 3. The summed E-state index contributed by atoms with van der Waals surface area (Å²) in [6.07, 6.45) is 0. The minimum Gasteiger partial charge on any atom is -0.502 e. The smallest absolute Gasteiger partial charge is 0.240 e. The van der Waals surface area contributed by atoms with Crippen molar-refractivity contribution in [2.45, 2.75) is 18.0 Å². The number of aliphatic hydroxyl groups is 1. The topological polar surface area (TPSA) is 117 Å². The van der Waals surface area contributed by atoms with E-state index < -0.39 is 27.8 Å². The Balaban J connectivity index is 2.21. The highest BCUT2D eigenvalue weighted by molar-refractivity contribution is 7.89. The van der Waals surface area contributed by atoms with E-state index in [4.69, 9.17) is 9.52 Å². The van der Waals surface area contributed by atoms with Crippen LogP contribution in [0, 0.1) is 0 Å². The molecule has 112 valence electrons. The Bertz CT molecular complexity index is 782. The third-order valence-corrected chi connectivity index (χ3v) is 4.09. The Labute approximate surface area is 120 Å². The van der Waals surface area contributed by atoms with Crippen LogP contribution in [0.15, 0.2) is 50.5 Å². The van der Waals surface area contributed by atoms with Crippen LogP contribution in [0.5, 0.6) is 5.75 Å². The first-order chi connectivity index (χ1) is 9.94. The van der Waals surface area contributed by atoms with Crippen LogP contribution < -0.4 is 10.2 Å². The molecule has 1 heterocycles. The molecule has 0 bridgehead atoms. The molecule has 0 fully saturated rings. The highest BCUT2D eigenvalue weighted by atomic mass is 32.2. The van der Waals surface area contributed by atoms with Crippen LogP contribution in [0.25, 0.3) is 0 Å². The normalized spacial score (nSPS) is 11.5. The summed E-state index contributed by atoms with van der Waals surface area (Å²) in [5.41, 5.74) is -0.751. The lowest BCUT2D eigenvalue weighted by Gasteiger charge is -2.07. The van der Waals surface area contributed by atoms with Gasteiger partial charge in [0.1, 0.15) is 12.4 Å². The summed E-state index contributed by atoms with van der Waals surface area (Å²) >= 11 is 0. The van der Waals surface area contributed by atoms with E-state index in [1.165, 1.54) is 12.1 Å². The molecule has 7 nitrogen and oxygen atoms in total. The van der Waals surface area contributed by atoms with Crippen molar-refractivity contribution in [1.29, 1.82) is 0 Å². The molecule has 1 aromatic carbocycles. The molecule has 0 radical (unpaired) electrons. The van der Waals surface area contributed by atoms with Crippen molar-refractivity contribution >= 4 is 10.0 Å². The fraction of sp³-hybridized carbons (Fsp3) is 0.154. The standard InChI is InChI=1S/C13H13NO6S/c15-8-12-13(17)11(16)6-9(20-12)7-14-21(18,19)10-4-2-1-3-5-10/h1-6,14-15,17H,7-8H2. The Hall–Kier alpha value is -2.16. The first-order valence-electron chi connectivity index (χ1n) is 5.94. The number of hydrogen-bond acceptors (Lipinski definition) is 6. The third-order valence-electron chi connectivity index (χ3n) is 2.68. The van der Waals surface area contributed by atoms with Crippen LogP contribution in [-0.2, 0) is 23.2 Å². The van der Waals surface area contributed by atoms with E-state index in [-0.39, 0.29) is 23.0 Å². The average molecular weight is 311 g/mol. The molecule has 0 amide bonds. The molecule has 0 aliphatic heterocycles. The number of aliphatic hydroxyl groups excluding tert-OH is 1. The maximum atomic E-state index is 12.0. The molecule has 0 saturated carbocycles. The molecular weight excluding hydrogens is 298 g/mol. The number of aromatic hydroxyl groups is 1. The summed E-state index contributed by atoms with van der Waals surface area (Å²) in [5.74, 6) is -1.01. The van der Waals surface area contributed by atoms with Crippen LogP contribution >= 0.6 is 0 Å². The number of rotatable bonds is 5. The van der Waals surface area contributed by atoms with Crippen LogP contribution in [0.1, 0.15) is 11.5 Å². The Morgan fingerprint density at radius 3 is 2.48 bits per heavy atom. The van der Waals surface area contributed by atoms with Crippen molar-refractivity contribution in [3.05, 3.63) is 58.1 Å². The molecule has 21 heavy (non-hydrogen) atoms. The summed E-state index contributed by atoms with van der Waals surface area (Å²) < 4.78 is 31.3. The van der Waals surface area contributed by atoms with E-state index in [1.807, 2.05) is 0 Å². The van der Waals surface area contributed by atoms with Gasteiger partial charge in [-0.25, -0.2) is 13.1 Å². The molecule has 2 rings (SSSR count). The molecule has 2 aromatic rings. The van der Waals surface area contributed by atoms with E-state index in [2.05, 4.69) is 4.72 Å². The van der Waals surface area contributed by atoms with Gasteiger partial charge in [0.2, 0.25) is 21.2 Å². The fourth-order valence-corrected chi connectivity index (χ4v) is 2.65. The van der Waals surface area contributed by atoms with Gasteiger partial charge in [0.05, 0.1) is 11.4 Å². The molecule has 0 atom stereocenters. The van der Waals surface area contributed by atoms with E-state index in [0.29, 0.717) is 0 Å². The Kier molecular flexibility index (Phi) is 4.41. The van der Waals surface area contributed by atoms with Crippen molar-refractivity contribution < 1.29 is 23.0 Å². The number of nitrogens with one attached hydrogen (secondary N) is 1. The van der Waals surface area contributed by atoms with Gasteiger partial charge in [-0.15, -0.1) is 0 Å². The predicted octanol–water partition coefficient (Wildman–Crippen LogP) is 0.316. The average Bonchev–Trinajstić information content (AvgIpc) is 2.49. The highest BCUT2D eigenvalue weighted by Crippen LogP contribution is 2.14. The van der Waals surface area contributed by atoms with Gasteiger partial charge in [0, 0.05) is 6.07 Å². The monoisotopic (exact) mass is 311 g/mol. The van der Waals surface area contributed by atoms with Gasteiger partial charge in [0.15, 0.2) is 5.76 Å². The number of benzene rings is 1. The van der Waals surface area contributed by atoms with Crippen LogP contribution in [-0.4, -0.2) is 18.6 Å². The van der Waals surface area contributed by atoms with Crippen LogP contribution in [0.3, 0.4) is 0 Å². The van der Waals surface area contributed by atoms with Gasteiger partial charge in [-0.2, -0.15) is 0 Å². The van der Waals surface area contributed by atoms with E-state index in [1.54, 1.807) is 18.2 Å². The minimum atomic E-state index is -3.74. The zero-order valence-electron chi connectivity index (χ0n) is 10.8. The van der Waals surface area contributed by atoms with Crippen molar-refractivity contribution in [3.63, 3.8) is 0 Å². The molecule has 0 aliphatic carbocycles. The second kappa shape index (κ2) is 6.08. The molecule has 0 unspecified atom stereocenters. The molecular formula is C13H13NO6S. The fourth-order valence-electron chi connectivity index (χ4n) is 1.63. The van der Waals surface area contributed by atoms with Crippen molar-refractivity contribution in [3.8, 4) is 5.75 Å². The quantitative estimate of drug-likeness (QED) is 0.732. The second-order valence-corrected chi connectivity index (χ2v) is 5.91. The van der Waals surface area contributed by atoms with Gasteiger partial charge < -0.3 is 14.6 Å². The van der Waals surface area contributed by atoms with E-state index >= 15 is 0 Å². The molecule has 0 saturated heterocycles. The summed E-state index contributed by atoms with van der Waals surface area (Å²) in [6.45, 7) is -0.944. The summed E-state index contributed by atoms with van der Waals surface area (Å²) in [4.78, 5) is 11.5. The SMILES string of the molecule is O=c1cc(CNS(=O)(=O)c2ccccc2)oc(CO)c1O. The van der Waals surface area contributed by atoms with Crippen molar-refractivity contribution in [1.82, 2.24) is 4.72 Å². The summed E-state index contributed by atoms with van der Waals surface area (Å²) in [5, 5.41) is 18.3. The Morgan fingerprint density at radius 2 is 1.86 bits per heavy atom. The molecule has 0 spiro atoms. The maximum absolute atomic E-state index is 12.0. The van der Waals surface area contributed by atoms with E-state index in [9.17, 15) is 18.3 Å². The van der Waals surface area contributed by atoms with Crippen LogP contribution in [0.2, 0.25) is 0 Å². The first-order valence-corrected chi connectivity index (χ1v) is 7.43. The van der Waals surface area contributed by atoms with Gasteiger partial charge in [-0.1, -0.05) is 18.2 Å². The summed E-state index contributed by atoms with van der Waals surface area (Å²) in [7, 11) is -3.74. The largest absolute Gasteiger partial charge is 0.502 e. The first kappa shape index (κ1) is 15.2. The lowest BCUT2D eigenvalue weighted by Crippen LogP contribution is -2.23. The second-order valence-electron chi connectivity index (χ2n) is 4.14. The predicted molar refractivity (Wildman–Crippen MR) is 73.0 cm³/mol. The van der Waals surface area contributed by atoms with Gasteiger partial charge in [0.25, 0.3) is 0 Å². The summed E-state index contributed by atoms with van der Waals surface area (Å²) in [6, 6.07) is 8.66. The molecule has 1 aromatic heterocycles. The number of sulfonamides is 1. The third kappa shape index (κ3) is 3.48. The van der Waals surface area contributed by atoms with Crippen molar-refractivity contribution in [2.75, 3.05) is 0 Å².